The molecular weight excluding hydrogens is 424 g/mol. The predicted octanol–water partition coefficient (Wildman–Crippen LogP) is 4.76. The van der Waals surface area contributed by atoms with Crippen molar-refractivity contribution in [3.8, 4) is 6.07 Å². The first-order valence-electron chi connectivity index (χ1n) is 11.1. The van der Waals surface area contributed by atoms with Gasteiger partial charge in [0, 0.05) is 5.38 Å². The fourth-order valence-corrected chi connectivity index (χ4v) is 5.85. The third kappa shape index (κ3) is 5.09. The van der Waals surface area contributed by atoms with Gasteiger partial charge in [-0.05, 0) is 67.6 Å². The topological polar surface area (TPSA) is 103 Å². The van der Waals surface area contributed by atoms with Gasteiger partial charge in [-0.2, -0.15) is 5.26 Å². The van der Waals surface area contributed by atoms with Gasteiger partial charge < -0.3 is 14.9 Å². The summed E-state index contributed by atoms with van der Waals surface area (Å²) in [7, 11) is 0. The number of carboxylic acid groups (broad SMARTS) is 1. The molecule has 2 fully saturated rings. The van der Waals surface area contributed by atoms with Crippen LogP contribution in [0.1, 0.15) is 65.3 Å². The van der Waals surface area contributed by atoms with Crippen LogP contribution in [0.4, 0.5) is 0 Å². The Kier molecular flexibility index (Phi) is 7.04. The summed E-state index contributed by atoms with van der Waals surface area (Å²) in [5.41, 5.74) is 1.85. The number of nitrogens with zero attached hydrogens (tertiary/aromatic N) is 2. The SMILES string of the molecule is C[C@@H]1C[C@@H]2O[C@@H](c3nc(C(=O)O)cs3)CC[C@@H]2[C@H]1/C=C/C(O)CCc1ccc(C#N)cc1. The fraction of sp³-hybridized carbons (Fsp3) is 0.480. The van der Waals surface area contributed by atoms with Crippen LogP contribution in [-0.4, -0.2) is 33.4 Å². The summed E-state index contributed by atoms with van der Waals surface area (Å²) in [6.45, 7) is 2.24. The maximum atomic E-state index is 11.1. The third-order valence-electron chi connectivity index (χ3n) is 6.72. The summed E-state index contributed by atoms with van der Waals surface area (Å²) in [6, 6.07) is 9.62. The van der Waals surface area contributed by atoms with Crippen molar-refractivity contribution >= 4 is 17.3 Å². The molecule has 6 atom stereocenters. The first-order valence-corrected chi connectivity index (χ1v) is 12.0. The molecule has 2 aromatic rings. The number of aliphatic hydroxyl groups is 1. The zero-order valence-electron chi connectivity index (χ0n) is 18.1. The van der Waals surface area contributed by atoms with E-state index in [4.69, 9.17) is 15.1 Å². The number of fused-ring (bicyclic) bond motifs is 1. The number of aromatic carboxylic acids is 1. The van der Waals surface area contributed by atoms with E-state index in [1.807, 2.05) is 30.3 Å². The van der Waals surface area contributed by atoms with Crippen LogP contribution in [0.25, 0.3) is 0 Å². The van der Waals surface area contributed by atoms with E-state index >= 15 is 0 Å². The number of aliphatic hydroxyl groups excluding tert-OH is 1. The molecule has 0 bridgehead atoms. The Labute approximate surface area is 192 Å². The summed E-state index contributed by atoms with van der Waals surface area (Å²) in [5, 5.41) is 30.8. The van der Waals surface area contributed by atoms with Gasteiger partial charge in [0.25, 0.3) is 0 Å². The maximum Gasteiger partial charge on any atom is 0.355 e. The van der Waals surface area contributed by atoms with E-state index in [1.54, 1.807) is 5.38 Å². The van der Waals surface area contributed by atoms with Crippen molar-refractivity contribution in [1.29, 1.82) is 5.26 Å². The molecule has 1 aliphatic heterocycles. The lowest BCUT2D eigenvalue weighted by atomic mass is 9.84. The van der Waals surface area contributed by atoms with Crippen LogP contribution in [0.15, 0.2) is 41.8 Å². The number of carboxylic acids is 1. The van der Waals surface area contributed by atoms with Gasteiger partial charge in [-0.3, -0.25) is 0 Å². The summed E-state index contributed by atoms with van der Waals surface area (Å²) in [5.74, 6) is 0.258. The van der Waals surface area contributed by atoms with Crippen molar-refractivity contribution in [3.05, 3.63) is 63.6 Å². The molecule has 0 spiro atoms. The molecule has 1 unspecified atom stereocenters. The number of ether oxygens (including phenoxy) is 1. The van der Waals surface area contributed by atoms with Crippen LogP contribution in [-0.2, 0) is 11.2 Å². The lowest BCUT2D eigenvalue weighted by Crippen LogP contribution is -2.29. The van der Waals surface area contributed by atoms with Crippen LogP contribution >= 0.6 is 11.3 Å². The van der Waals surface area contributed by atoms with Gasteiger partial charge in [-0.25, -0.2) is 9.78 Å². The Hall–Kier alpha value is -2.53. The number of carbonyl (C=O) groups is 1. The quantitative estimate of drug-likeness (QED) is 0.587. The van der Waals surface area contributed by atoms with E-state index in [0.717, 1.165) is 36.3 Å². The fourth-order valence-electron chi connectivity index (χ4n) is 4.99. The minimum absolute atomic E-state index is 0.0892. The smallest absolute Gasteiger partial charge is 0.355 e. The van der Waals surface area contributed by atoms with E-state index in [1.165, 1.54) is 11.3 Å². The average molecular weight is 453 g/mol. The summed E-state index contributed by atoms with van der Waals surface area (Å²) in [6.07, 6.45) is 7.85. The molecule has 32 heavy (non-hydrogen) atoms. The molecule has 2 aliphatic rings. The Morgan fingerprint density at radius 3 is 2.84 bits per heavy atom. The summed E-state index contributed by atoms with van der Waals surface area (Å²) >= 11 is 1.36. The second kappa shape index (κ2) is 9.95. The standard InChI is InChI=1S/C25H28N2O4S/c1-15-12-23-20(10-11-22(31-23)24-27-21(14-32-24)25(29)30)19(15)9-8-18(28)7-6-16-2-4-17(13-26)5-3-16/h2-5,8-9,14-15,18-20,22-23,28H,6-7,10-12H2,1H3,(H,29,30)/b9-8+/t15-,18?,19+,20-,22-,23+/m1/s1. The molecule has 1 aromatic carbocycles. The van der Waals surface area contributed by atoms with E-state index < -0.39 is 12.1 Å². The zero-order chi connectivity index (χ0) is 22.7. The molecule has 6 nitrogen and oxygen atoms in total. The van der Waals surface area contributed by atoms with Gasteiger partial charge >= 0.3 is 5.97 Å². The average Bonchev–Trinajstić information content (AvgIpc) is 3.40. The largest absolute Gasteiger partial charge is 0.476 e. The van der Waals surface area contributed by atoms with Crippen molar-refractivity contribution in [2.45, 2.75) is 57.3 Å². The molecule has 1 saturated carbocycles. The zero-order valence-corrected chi connectivity index (χ0v) is 18.9. The molecule has 4 rings (SSSR count). The molecule has 2 N–H and O–H groups in total. The first kappa shape index (κ1) is 22.7. The Morgan fingerprint density at radius 1 is 1.38 bits per heavy atom. The number of allylic oxidation sites excluding steroid dienone is 1. The molecule has 1 saturated heterocycles. The van der Waals surface area contributed by atoms with Gasteiger partial charge in [-0.15, -0.1) is 11.3 Å². The van der Waals surface area contributed by atoms with Crippen LogP contribution < -0.4 is 0 Å². The van der Waals surface area contributed by atoms with Crippen LogP contribution in [0.2, 0.25) is 0 Å². The van der Waals surface area contributed by atoms with Gasteiger partial charge in [0.05, 0.1) is 23.8 Å². The van der Waals surface area contributed by atoms with E-state index in [0.29, 0.717) is 29.7 Å². The highest BCUT2D eigenvalue weighted by molar-refractivity contribution is 7.09. The minimum Gasteiger partial charge on any atom is -0.476 e. The highest BCUT2D eigenvalue weighted by Crippen LogP contribution is 2.48. The van der Waals surface area contributed by atoms with Gasteiger partial charge in [0.2, 0.25) is 0 Å². The van der Waals surface area contributed by atoms with Crippen molar-refractivity contribution in [2.24, 2.45) is 17.8 Å². The number of rotatable bonds is 7. The molecular formula is C25H28N2O4S. The first-order chi connectivity index (χ1) is 15.4. The summed E-state index contributed by atoms with van der Waals surface area (Å²) < 4.78 is 6.36. The number of hydrogen-bond acceptors (Lipinski definition) is 6. The van der Waals surface area contributed by atoms with Gasteiger partial charge in [0.1, 0.15) is 11.1 Å². The van der Waals surface area contributed by atoms with Crippen LogP contribution in [0.5, 0.6) is 0 Å². The number of nitriles is 1. The second-order valence-corrected chi connectivity index (χ2v) is 9.76. The van der Waals surface area contributed by atoms with E-state index in [-0.39, 0.29) is 17.9 Å². The number of thiazole rings is 1. The normalized spacial score (nSPS) is 28.3. The maximum absolute atomic E-state index is 11.1. The summed E-state index contributed by atoms with van der Waals surface area (Å²) in [4.78, 5) is 15.3. The molecule has 0 amide bonds. The lowest BCUT2D eigenvalue weighted by Gasteiger charge is -2.33. The Morgan fingerprint density at radius 2 is 2.16 bits per heavy atom. The highest BCUT2D eigenvalue weighted by atomic mass is 32.1. The van der Waals surface area contributed by atoms with Gasteiger partial charge in [0.15, 0.2) is 5.69 Å². The number of aromatic nitrogens is 1. The predicted molar refractivity (Wildman–Crippen MR) is 121 cm³/mol. The third-order valence-corrected chi connectivity index (χ3v) is 7.65. The molecule has 168 valence electrons. The molecule has 7 heteroatoms. The number of aryl methyl sites for hydroxylation is 1. The molecule has 1 aliphatic carbocycles. The van der Waals surface area contributed by atoms with Crippen LogP contribution in [0.3, 0.4) is 0 Å². The number of benzene rings is 1. The molecule has 2 heterocycles. The minimum atomic E-state index is -1.00. The van der Waals surface area contributed by atoms with Crippen molar-refractivity contribution in [2.75, 3.05) is 0 Å². The van der Waals surface area contributed by atoms with E-state index in [2.05, 4.69) is 24.1 Å². The van der Waals surface area contributed by atoms with E-state index in [9.17, 15) is 9.90 Å². The van der Waals surface area contributed by atoms with Crippen molar-refractivity contribution in [1.82, 2.24) is 4.98 Å². The Bertz CT molecular complexity index is 1010. The lowest BCUT2D eigenvalue weighted by molar-refractivity contribution is -0.0764. The Balaban J connectivity index is 1.31. The van der Waals surface area contributed by atoms with Crippen molar-refractivity contribution < 1.29 is 19.7 Å². The van der Waals surface area contributed by atoms with Crippen LogP contribution in [0, 0.1) is 29.1 Å². The second-order valence-electron chi connectivity index (χ2n) is 8.87. The van der Waals surface area contributed by atoms with Crippen molar-refractivity contribution in [3.63, 3.8) is 0 Å². The molecule has 0 radical (unpaired) electrons. The molecule has 1 aromatic heterocycles. The highest BCUT2D eigenvalue weighted by Gasteiger charge is 2.44. The number of hydrogen-bond donors (Lipinski definition) is 2. The van der Waals surface area contributed by atoms with Gasteiger partial charge in [-0.1, -0.05) is 31.2 Å². The monoisotopic (exact) mass is 452 g/mol.